The molecule has 8 rings (SSSR count). The van der Waals surface area contributed by atoms with Crippen molar-refractivity contribution in [3.8, 4) is 45.4 Å². The van der Waals surface area contributed by atoms with Gasteiger partial charge in [-0.1, -0.05) is 84.4 Å². The molecular formula is C37H21ClFN5. The van der Waals surface area contributed by atoms with Crippen LogP contribution in [0.5, 0.6) is 0 Å². The number of rotatable bonds is 4. The van der Waals surface area contributed by atoms with Gasteiger partial charge in [0.05, 0.1) is 11.4 Å². The van der Waals surface area contributed by atoms with Gasteiger partial charge in [0.2, 0.25) is 0 Å². The minimum Gasteiger partial charge on any atom is -0.339 e. The molecule has 2 aromatic heterocycles. The number of aromatic nitrogens is 3. The van der Waals surface area contributed by atoms with Crippen LogP contribution in [-0.4, -0.2) is 14.8 Å². The van der Waals surface area contributed by atoms with E-state index in [2.05, 4.69) is 65.7 Å². The highest BCUT2D eigenvalue weighted by atomic mass is 35.5. The fourth-order valence-electron chi connectivity index (χ4n) is 6.20. The molecule has 0 atom stereocenters. The van der Waals surface area contributed by atoms with Crippen molar-refractivity contribution in [2.24, 2.45) is 0 Å². The van der Waals surface area contributed by atoms with Gasteiger partial charge in [-0.3, -0.25) is 5.41 Å². The van der Waals surface area contributed by atoms with Gasteiger partial charge in [0, 0.05) is 33.5 Å². The summed E-state index contributed by atoms with van der Waals surface area (Å²) in [4.78, 5) is 2.92. The molecule has 0 aliphatic heterocycles. The van der Waals surface area contributed by atoms with E-state index in [1.165, 1.54) is 11.5 Å². The number of hydrogen-bond donors (Lipinski definition) is 2. The Bertz CT molecular complexity index is 2500. The van der Waals surface area contributed by atoms with Crippen molar-refractivity contribution >= 4 is 43.9 Å². The average Bonchev–Trinajstić information content (AvgIpc) is 3.49. The Labute approximate surface area is 255 Å². The molecule has 6 aromatic carbocycles. The fourth-order valence-corrected chi connectivity index (χ4v) is 6.38. The van der Waals surface area contributed by atoms with E-state index in [9.17, 15) is 9.65 Å². The molecule has 0 aliphatic rings. The maximum atomic E-state index is 14.9. The van der Waals surface area contributed by atoms with Crippen molar-refractivity contribution < 1.29 is 4.39 Å². The third kappa shape index (κ3) is 3.98. The number of hydrogen-bond acceptors (Lipinski definition) is 3. The lowest BCUT2D eigenvalue weighted by Crippen LogP contribution is -2.13. The normalized spacial score (nSPS) is 11.5. The molecule has 7 heteroatoms. The Balaban J connectivity index is 1.47. The number of nitrogens with zero attached hydrogens (tertiary/aromatic N) is 3. The van der Waals surface area contributed by atoms with Crippen molar-refractivity contribution in [2.45, 2.75) is 0 Å². The number of H-pyrrole nitrogens is 1. The van der Waals surface area contributed by atoms with Crippen LogP contribution < -0.4 is 5.49 Å². The highest BCUT2D eigenvalue weighted by Crippen LogP contribution is 2.42. The number of halogens is 2. The van der Waals surface area contributed by atoms with Crippen LogP contribution in [0.15, 0.2) is 115 Å². The van der Waals surface area contributed by atoms with E-state index in [1.807, 2.05) is 24.4 Å². The summed E-state index contributed by atoms with van der Waals surface area (Å²) < 4.78 is 16.7. The summed E-state index contributed by atoms with van der Waals surface area (Å²) in [7, 11) is 0. The van der Waals surface area contributed by atoms with Crippen LogP contribution in [0.4, 0.5) is 4.39 Å². The van der Waals surface area contributed by atoms with Crippen LogP contribution in [0, 0.1) is 22.6 Å². The predicted molar refractivity (Wildman–Crippen MR) is 173 cm³/mol. The molecule has 2 N–H and O–H groups in total. The van der Waals surface area contributed by atoms with Crippen molar-refractivity contribution in [2.75, 3.05) is 0 Å². The Hall–Kier alpha value is -5.77. The summed E-state index contributed by atoms with van der Waals surface area (Å²) in [5.41, 5.74) is 4.07. The molecule has 0 fully saturated rings. The van der Waals surface area contributed by atoms with Crippen molar-refractivity contribution in [1.29, 1.82) is 10.7 Å². The van der Waals surface area contributed by atoms with Gasteiger partial charge in [0.15, 0.2) is 0 Å². The summed E-state index contributed by atoms with van der Waals surface area (Å²) in [6.45, 7) is 0. The molecule has 208 valence electrons. The van der Waals surface area contributed by atoms with Gasteiger partial charge in [-0.25, -0.2) is 9.07 Å². The van der Waals surface area contributed by atoms with Gasteiger partial charge in [0.25, 0.3) is 0 Å². The maximum absolute atomic E-state index is 14.9. The summed E-state index contributed by atoms with van der Waals surface area (Å²) in [5, 5.41) is 31.4. The summed E-state index contributed by atoms with van der Waals surface area (Å²) in [5.74, 6) is -0.430. The number of pyridine rings is 1. The quantitative estimate of drug-likeness (QED) is 0.201. The second-order valence-electron chi connectivity index (χ2n) is 10.7. The largest absolute Gasteiger partial charge is 0.339 e. The van der Waals surface area contributed by atoms with Gasteiger partial charge in [-0.2, -0.15) is 10.4 Å². The lowest BCUT2D eigenvalue weighted by molar-refractivity contribution is 0.630. The minimum atomic E-state index is -0.430. The number of benzene rings is 6. The van der Waals surface area contributed by atoms with Crippen LogP contribution in [-0.2, 0) is 0 Å². The summed E-state index contributed by atoms with van der Waals surface area (Å²) in [6.07, 6.45) is 1.85. The van der Waals surface area contributed by atoms with Crippen molar-refractivity contribution in [3.05, 3.63) is 137 Å². The number of nitriles is 1. The van der Waals surface area contributed by atoms with E-state index in [0.717, 1.165) is 38.2 Å². The molecule has 0 unspecified atom stereocenters. The Morgan fingerprint density at radius 1 is 0.750 bits per heavy atom. The van der Waals surface area contributed by atoms with E-state index in [0.29, 0.717) is 33.1 Å². The molecule has 0 saturated carbocycles. The molecule has 5 nitrogen and oxygen atoms in total. The first-order valence-corrected chi connectivity index (χ1v) is 14.4. The topological polar surface area (TPSA) is 81.2 Å². The van der Waals surface area contributed by atoms with Gasteiger partial charge in [0.1, 0.15) is 28.6 Å². The van der Waals surface area contributed by atoms with Crippen LogP contribution in [0.1, 0.15) is 5.56 Å². The average molecular weight is 590 g/mol. The van der Waals surface area contributed by atoms with Gasteiger partial charge >= 0.3 is 0 Å². The highest BCUT2D eigenvalue weighted by molar-refractivity contribution is 6.30. The molecule has 8 aromatic rings. The monoisotopic (exact) mass is 589 g/mol. The van der Waals surface area contributed by atoms with Crippen LogP contribution >= 0.6 is 11.6 Å². The van der Waals surface area contributed by atoms with Crippen LogP contribution in [0.2, 0.25) is 5.02 Å². The molecule has 44 heavy (non-hydrogen) atoms. The lowest BCUT2D eigenvalue weighted by Gasteiger charge is -2.14. The SMILES string of the molecule is N#Cc1c(-c2cn(-c3cccc(Cl)c3)nc2-c2ccc3ccc4cccc5ccc2c3c45)cc(-c2ccccc2F)[nH]c1=N. The predicted octanol–water partition coefficient (Wildman–Crippen LogP) is 9.24. The van der Waals surface area contributed by atoms with Crippen molar-refractivity contribution in [3.63, 3.8) is 0 Å². The van der Waals surface area contributed by atoms with Crippen LogP contribution in [0.3, 0.4) is 0 Å². The zero-order valence-electron chi connectivity index (χ0n) is 23.1. The zero-order valence-corrected chi connectivity index (χ0v) is 23.8. The molecule has 0 spiro atoms. The summed E-state index contributed by atoms with van der Waals surface area (Å²) in [6, 6.07) is 36.6. The third-order valence-corrected chi connectivity index (χ3v) is 8.44. The second kappa shape index (κ2) is 9.91. The number of aromatic amines is 1. The molecule has 0 aliphatic carbocycles. The molecular weight excluding hydrogens is 569 g/mol. The summed E-state index contributed by atoms with van der Waals surface area (Å²) >= 11 is 6.36. The standard InChI is InChI=1S/C37H21ClFN5/c38-24-7-4-8-25(17-24)44-20-31(29-18-33(42-37(41)30(29)19-40)28-9-1-2-10-32(28)39)36(43-44)27-16-14-23-12-11-21-5-3-6-22-13-15-26(27)35(23)34(21)22/h1-18,20H,(H2,41,42). The van der Waals surface area contributed by atoms with E-state index >= 15 is 0 Å². The van der Waals surface area contributed by atoms with Gasteiger partial charge < -0.3 is 4.98 Å². The third-order valence-electron chi connectivity index (χ3n) is 8.20. The Morgan fingerprint density at radius 3 is 2.25 bits per heavy atom. The Morgan fingerprint density at radius 2 is 1.48 bits per heavy atom. The molecule has 2 heterocycles. The van der Waals surface area contributed by atoms with Crippen molar-refractivity contribution in [1.82, 2.24) is 14.8 Å². The molecule has 0 radical (unpaired) electrons. The first kappa shape index (κ1) is 25.9. The van der Waals surface area contributed by atoms with E-state index in [-0.39, 0.29) is 11.1 Å². The second-order valence-corrected chi connectivity index (χ2v) is 11.2. The molecule has 0 amide bonds. The van der Waals surface area contributed by atoms with E-state index in [1.54, 1.807) is 35.0 Å². The smallest absolute Gasteiger partial charge is 0.141 e. The minimum absolute atomic E-state index is 0.111. The molecule has 0 bridgehead atoms. The number of nitrogens with one attached hydrogen (secondary N) is 2. The lowest BCUT2D eigenvalue weighted by atomic mass is 9.89. The molecule has 0 saturated heterocycles. The highest BCUT2D eigenvalue weighted by Gasteiger charge is 2.22. The van der Waals surface area contributed by atoms with Gasteiger partial charge in [-0.05, 0) is 68.7 Å². The van der Waals surface area contributed by atoms with E-state index in [4.69, 9.17) is 22.1 Å². The zero-order chi connectivity index (χ0) is 29.9. The first-order valence-electron chi connectivity index (χ1n) is 14.0. The van der Waals surface area contributed by atoms with Gasteiger partial charge in [-0.15, -0.1) is 0 Å². The maximum Gasteiger partial charge on any atom is 0.141 e. The van der Waals surface area contributed by atoms with Crippen LogP contribution in [0.25, 0.3) is 71.6 Å². The first-order chi connectivity index (χ1) is 21.5. The van der Waals surface area contributed by atoms with E-state index < -0.39 is 5.82 Å². The fraction of sp³-hybridized carbons (Fsp3) is 0. The Kier molecular flexibility index (Phi) is 5.83.